The molecule has 2 rings (SSSR count). The Hall–Kier alpha value is -1.45. The van der Waals surface area contributed by atoms with E-state index in [1.807, 2.05) is 0 Å². The SMILES string of the molecule is C1=NC(c2ncc[nH]2)=NC1. The van der Waals surface area contributed by atoms with Gasteiger partial charge < -0.3 is 4.98 Å². The monoisotopic (exact) mass is 134 g/mol. The van der Waals surface area contributed by atoms with Crippen molar-refractivity contribution < 1.29 is 0 Å². The summed E-state index contributed by atoms with van der Waals surface area (Å²) in [6, 6.07) is 0. The maximum Gasteiger partial charge on any atom is 0.191 e. The minimum absolute atomic E-state index is 0.677. The summed E-state index contributed by atoms with van der Waals surface area (Å²) in [5, 5.41) is 0. The lowest BCUT2D eigenvalue weighted by Gasteiger charge is -1.86. The van der Waals surface area contributed by atoms with Gasteiger partial charge >= 0.3 is 0 Å². The first-order valence-electron chi connectivity index (χ1n) is 3.03. The quantitative estimate of drug-likeness (QED) is 0.587. The van der Waals surface area contributed by atoms with Gasteiger partial charge in [-0.1, -0.05) is 0 Å². The molecule has 0 aromatic carbocycles. The van der Waals surface area contributed by atoms with Gasteiger partial charge in [0, 0.05) is 18.6 Å². The summed E-state index contributed by atoms with van der Waals surface area (Å²) in [7, 11) is 0. The Kier molecular flexibility index (Phi) is 1.10. The van der Waals surface area contributed by atoms with Crippen LogP contribution in [0.2, 0.25) is 0 Å². The molecule has 4 nitrogen and oxygen atoms in total. The summed E-state index contributed by atoms with van der Waals surface area (Å²) in [5.41, 5.74) is 0. The molecule has 0 radical (unpaired) electrons. The predicted octanol–water partition coefficient (Wildman–Crippen LogP) is 0.241. The molecule has 1 aromatic rings. The fourth-order valence-corrected chi connectivity index (χ4v) is 0.819. The number of aliphatic imine (C=N–C) groups is 2. The summed E-state index contributed by atoms with van der Waals surface area (Å²) in [6.45, 7) is 0.677. The minimum atomic E-state index is 0.677. The predicted molar refractivity (Wildman–Crippen MR) is 38.5 cm³/mol. The molecular weight excluding hydrogens is 128 g/mol. The van der Waals surface area contributed by atoms with Crippen molar-refractivity contribution in [1.82, 2.24) is 9.97 Å². The topological polar surface area (TPSA) is 53.4 Å². The number of aromatic amines is 1. The number of imidazole rings is 1. The van der Waals surface area contributed by atoms with Crippen LogP contribution in [-0.2, 0) is 0 Å². The van der Waals surface area contributed by atoms with Crippen LogP contribution in [0.4, 0.5) is 0 Å². The van der Waals surface area contributed by atoms with E-state index in [4.69, 9.17) is 0 Å². The lowest BCUT2D eigenvalue weighted by atomic mass is 10.6. The zero-order chi connectivity index (χ0) is 6.81. The Labute approximate surface area is 57.7 Å². The third kappa shape index (κ3) is 0.737. The summed E-state index contributed by atoms with van der Waals surface area (Å²) in [5.74, 6) is 1.44. The van der Waals surface area contributed by atoms with Gasteiger partial charge in [-0.3, -0.25) is 4.99 Å². The molecule has 1 aliphatic rings. The Morgan fingerprint density at radius 1 is 1.50 bits per heavy atom. The van der Waals surface area contributed by atoms with Crippen LogP contribution in [0, 0.1) is 0 Å². The molecule has 0 saturated carbocycles. The average molecular weight is 134 g/mol. The van der Waals surface area contributed by atoms with Crippen LogP contribution in [0.25, 0.3) is 0 Å². The van der Waals surface area contributed by atoms with E-state index >= 15 is 0 Å². The van der Waals surface area contributed by atoms with Crippen LogP contribution in [0.5, 0.6) is 0 Å². The maximum atomic E-state index is 4.08. The van der Waals surface area contributed by atoms with E-state index in [1.54, 1.807) is 18.6 Å². The molecule has 1 N–H and O–H groups in total. The highest BCUT2D eigenvalue weighted by molar-refractivity contribution is 6.03. The Bertz CT molecular complexity index is 270. The molecule has 4 heteroatoms. The van der Waals surface area contributed by atoms with Crippen molar-refractivity contribution >= 4 is 12.1 Å². The van der Waals surface area contributed by atoms with E-state index in [9.17, 15) is 0 Å². The molecule has 0 spiro atoms. The number of nitrogens with one attached hydrogen (secondary N) is 1. The number of rotatable bonds is 1. The van der Waals surface area contributed by atoms with Crippen LogP contribution in [0.1, 0.15) is 5.82 Å². The van der Waals surface area contributed by atoms with Crippen LogP contribution < -0.4 is 0 Å². The van der Waals surface area contributed by atoms with Gasteiger partial charge in [0.25, 0.3) is 0 Å². The van der Waals surface area contributed by atoms with Crippen molar-refractivity contribution in [3.63, 3.8) is 0 Å². The number of nitrogens with zero attached hydrogens (tertiary/aromatic N) is 3. The fraction of sp³-hybridized carbons (Fsp3) is 0.167. The largest absolute Gasteiger partial charge is 0.342 e. The fourth-order valence-electron chi connectivity index (χ4n) is 0.819. The van der Waals surface area contributed by atoms with E-state index in [0.29, 0.717) is 12.4 Å². The van der Waals surface area contributed by atoms with E-state index in [-0.39, 0.29) is 0 Å². The Balaban J connectivity index is 2.36. The van der Waals surface area contributed by atoms with Gasteiger partial charge in [-0.2, -0.15) is 0 Å². The summed E-state index contributed by atoms with van der Waals surface area (Å²) in [6.07, 6.45) is 5.20. The van der Waals surface area contributed by atoms with Gasteiger partial charge in [-0.25, -0.2) is 9.98 Å². The number of amidine groups is 1. The van der Waals surface area contributed by atoms with Crippen LogP contribution in [0.15, 0.2) is 22.4 Å². The molecule has 10 heavy (non-hydrogen) atoms. The second kappa shape index (κ2) is 2.06. The smallest absolute Gasteiger partial charge is 0.191 e. The molecule has 0 bridgehead atoms. The first-order chi connectivity index (χ1) is 4.97. The number of H-pyrrole nitrogens is 1. The van der Waals surface area contributed by atoms with Crippen molar-refractivity contribution in [2.75, 3.05) is 6.54 Å². The molecule has 0 saturated heterocycles. The first kappa shape index (κ1) is 5.34. The van der Waals surface area contributed by atoms with Crippen molar-refractivity contribution in [3.8, 4) is 0 Å². The highest BCUT2D eigenvalue weighted by Crippen LogP contribution is 1.97. The summed E-state index contributed by atoms with van der Waals surface area (Å²) in [4.78, 5) is 15.0. The van der Waals surface area contributed by atoms with Gasteiger partial charge in [0.2, 0.25) is 0 Å². The van der Waals surface area contributed by atoms with E-state index in [1.165, 1.54) is 0 Å². The van der Waals surface area contributed by atoms with Crippen molar-refractivity contribution in [1.29, 1.82) is 0 Å². The molecule has 0 amide bonds. The van der Waals surface area contributed by atoms with Gasteiger partial charge in [-0.15, -0.1) is 0 Å². The second-order valence-corrected chi connectivity index (χ2v) is 1.91. The zero-order valence-electron chi connectivity index (χ0n) is 5.28. The third-order valence-electron chi connectivity index (χ3n) is 1.25. The first-order valence-corrected chi connectivity index (χ1v) is 3.03. The molecular formula is C6H6N4. The van der Waals surface area contributed by atoms with Gasteiger partial charge in [0.1, 0.15) is 0 Å². The summed E-state index contributed by atoms with van der Waals surface area (Å²) >= 11 is 0. The normalized spacial score (nSPS) is 15.8. The highest BCUT2D eigenvalue weighted by Gasteiger charge is 2.05. The van der Waals surface area contributed by atoms with Gasteiger partial charge in [0.05, 0.1) is 6.54 Å². The van der Waals surface area contributed by atoms with Crippen molar-refractivity contribution in [3.05, 3.63) is 18.2 Å². The molecule has 50 valence electrons. The van der Waals surface area contributed by atoms with Crippen LogP contribution in [0.3, 0.4) is 0 Å². The summed E-state index contributed by atoms with van der Waals surface area (Å²) < 4.78 is 0. The number of aromatic nitrogens is 2. The lowest BCUT2D eigenvalue weighted by Crippen LogP contribution is -1.95. The molecule has 0 atom stereocenters. The molecule has 0 unspecified atom stereocenters. The molecule has 0 aliphatic carbocycles. The molecule has 2 heterocycles. The van der Waals surface area contributed by atoms with Crippen molar-refractivity contribution in [2.45, 2.75) is 0 Å². The lowest BCUT2D eigenvalue weighted by molar-refractivity contribution is 1.23. The van der Waals surface area contributed by atoms with Crippen LogP contribution in [-0.4, -0.2) is 28.6 Å². The van der Waals surface area contributed by atoms with Gasteiger partial charge in [0.15, 0.2) is 11.7 Å². The molecule has 1 aromatic heterocycles. The van der Waals surface area contributed by atoms with E-state index in [2.05, 4.69) is 20.0 Å². The molecule has 0 fully saturated rings. The maximum absolute atomic E-state index is 4.08. The van der Waals surface area contributed by atoms with E-state index < -0.39 is 0 Å². The average Bonchev–Trinajstić information content (AvgIpc) is 2.59. The second-order valence-electron chi connectivity index (χ2n) is 1.91. The number of hydrogen-bond donors (Lipinski definition) is 1. The third-order valence-corrected chi connectivity index (χ3v) is 1.25. The standard InChI is InChI=1S/C6H6N4/c1-2-8-5(7-1)6-9-3-4-10-6/h1-3H,4H2,(H,7,8). The molecule has 1 aliphatic heterocycles. The Morgan fingerprint density at radius 3 is 3.10 bits per heavy atom. The Morgan fingerprint density at radius 2 is 2.50 bits per heavy atom. The van der Waals surface area contributed by atoms with Crippen molar-refractivity contribution in [2.24, 2.45) is 9.98 Å². The van der Waals surface area contributed by atoms with E-state index in [0.717, 1.165) is 5.82 Å². The van der Waals surface area contributed by atoms with Crippen LogP contribution >= 0.6 is 0 Å². The highest BCUT2D eigenvalue weighted by atomic mass is 15.0. The minimum Gasteiger partial charge on any atom is -0.342 e. The number of hydrogen-bond acceptors (Lipinski definition) is 3. The van der Waals surface area contributed by atoms with Gasteiger partial charge in [-0.05, 0) is 0 Å². The zero-order valence-corrected chi connectivity index (χ0v) is 5.28.